The van der Waals surface area contributed by atoms with Gasteiger partial charge in [-0.2, -0.15) is 0 Å². The molecule has 0 aliphatic heterocycles. The van der Waals surface area contributed by atoms with Crippen LogP contribution in [-0.4, -0.2) is 20.0 Å². The molecule has 0 aliphatic rings. The van der Waals surface area contributed by atoms with Crippen molar-refractivity contribution in [3.05, 3.63) is 65.7 Å². The van der Waals surface area contributed by atoms with Crippen LogP contribution in [0.25, 0.3) is 0 Å². The summed E-state index contributed by atoms with van der Waals surface area (Å²) in [6.07, 6.45) is 1.29. The van der Waals surface area contributed by atoms with Crippen LogP contribution in [0.5, 0.6) is 0 Å². The van der Waals surface area contributed by atoms with Gasteiger partial charge < -0.3 is 0 Å². The van der Waals surface area contributed by atoms with Crippen LogP contribution < -0.4 is 4.72 Å². The summed E-state index contributed by atoms with van der Waals surface area (Å²) in [4.78, 5) is 11.2. The van der Waals surface area contributed by atoms with Crippen molar-refractivity contribution in [3.8, 4) is 0 Å². The van der Waals surface area contributed by atoms with Crippen molar-refractivity contribution in [2.75, 3.05) is 10.5 Å². The molecule has 1 N–H and O–H groups in total. The number of hydrogen-bond acceptors (Lipinski definition) is 3. The fraction of sp³-hybridized carbons (Fsp3) is 0.235. The Morgan fingerprint density at radius 3 is 2.23 bits per heavy atom. The second-order valence-electron chi connectivity index (χ2n) is 5.14. The number of anilines is 1. The summed E-state index contributed by atoms with van der Waals surface area (Å²) in [5, 5.41) is 0. The molecule has 0 radical (unpaired) electrons. The average molecular weight is 317 g/mol. The largest absolute Gasteiger partial charge is 0.295 e. The molecule has 0 fully saturated rings. The lowest BCUT2D eigenvalue weighted by Gasteiger charge is -2.08. The molecule has 4 nitrogen and oxygen atoms in total. The Hall–Kier alpha value is -2.14. The Morgan fingerprint density at radius 1 is 1.00 bits per heavy atom. The zero-order chi connectivity index (χ0) is 16.0. The highest BCUT2D eigenvalue weighted by Gasteiger charge is 2.10. The Bertz CT molecular complexity index is 722. The highest BCUT2D eigenvalue weighted by atomic mass is 32.2. The molecule has 0 aliphatic carbocycles. The molecule has 2 aromatic rings. The Labute approximate surface area is 131 Å². The van der Waals surface area contributed by atoms with Gasteiger partial charge in [0.25, 0.3) is 0 Å². The minimum Gasteiger partial charge on any atom is -0.295 e. The molecule has 0 heterocycles. The first kappa shape index (κ1) is 16.2. The molecule has 5 heteroatoms. The van der Waals surface area contributed by atoms with E-state index in [4.69, 9.17) is 0 Å². The maximum absolute atomic E-state index is 12.0. The summed E-state index contributed by atoms with van der Waals surface area (Å²) < 4.78 is 26.6. The predicted molar refractivity (Wildman–Crippen MR) is 88.6 cm³/mol. The van der Waals surface area contributed by atoms with Gasteiger partial charge in [0.05, 0.1) is 5.75 Å². The van der Waals surface area contributed by atoms with Gasteiger partial charge >= 0.3 is 0 Å². The zero-order valence-corrected chi connectivity index (χ0v) is 13.3. The second-order valence-corrected chi connectivity index (χ2v) is 6.99. The summed E-state index contributed by atoms with van der Waals surface area (Å²) in [6, 6.07) is 16.2. The van der Waals surface area contributed by atoms with E-state index in [0.717, 1.165) is 12.0 Å². The Balaban J connectivity index is 1.89. The second kappa shape index (κ2) is 7.22. The average Bonchev–Trinajstić information content (AvgIpc) is 2.48. The van der Waals surface area contributed by atoms with E-state index in [1.54, 1.807) is 24.3 Å². The van der Waals surface area contributed by atoms with Crippen LogP contribution in [0.3, 0.4) is 0 Å². The van der Waals surface area contributed by atoms with Crippen molar-refractivity contribution in [2.45, 2.75) is 19.8 Å². The Kier molecular flexibility index (Phi) is 5.33. The molecular formula is C17H19NO3S. The van der Waals surface area contributed by atoms with Gasteiger partial charge in [-0.15, -0.1) is 0 Å². The maximum Gasteiger partial charge on any atom is 0.232 e. The minimum atomic E-state index is -3.37. The van der Waals surface area contributed by atoms with E-state index in [9.17, 15) is 13.2 Å². The van der Waals surface area contributed by atoms with Gasteiger partial charge in [0.15, 0.2) is 5.78 Å². The molecule has 0 unspecified atom stereocenters. The summed E-state index contributed by atoms with van der Waals surface area (Å²) in [5.41, 5.74) is 2.17. The molecule has 0 spiro atoms. The monoisotopic (exact) mass is 317 g/mol. The maximum atomic E-state index is 12.0. The molecule has 0 amide bonds. The predicted octanol–water partition coefficient (Wildman–Crippen LogP) is 3.26. The van der Waals surface area contributed by atoms with Crippen molar-refractivity contribution in [2.24, 2.45) is 0 Å². The third-order valence-corrected chi connectivity index (χ3v) is 4.66. The highest BCUT2D eigenvalue weighted by Crippen LogP contribution is 2.13. The number of carbonyl (C=O) groups excluding carboxylic acids is 1. The molecule has 2 rings (SSSR count). The van der Waals surface area contributed by atoms with E-state index >= 15 is 0 Å². The summed E-state index contributed by atoms with van der Waals surface area (Å²) in [6.45, 7) is 1.47. The molecule has 116 valence electrons. The van der Waals surface area contributed by atoms with Crippen LogP contribution in [0.4, 0.5) is 5.69 Å². The molecule has 0 aromatic heterocycles. The molecule has 22 heavy (non-hydrogen) atoms. The van der Waals surface area contributed by atoms with E-state index in [1.165, 1.54) is 6.92 Å². The smallest absolute Gasteiger partial charge is 0.232 e. The summed E-state index contributed by atoms with van der Waals surface area (Å²) >= 11 is 0. The van der Waals surface area contributed by atoms with Crippen LogP contribution >= 0.6 is 0 Å². The third kappa shape index (κ3) is 5.00. The number of aryl methyl sites for hydroxylation is 1. The topological polar surface area (TPSA) is 63.2 Å². The quantitative estimate of drug-likeness (QED) is 0.797. The van der Waals surface area contributed by atoms with Crippen LogP contribution in [0.1, 0.15) is 29.3 Å². The van der Waals surface area contributed by atoms with Gasteiger partial charge in [0.1, 0.15) is 0 Å². The van der Waals surface area contributed by atoms with Gasteiger partial charge in [-0.25, -0.2) is 8.42 Å². The third-order valence-electron chi connectivity index (χ3n) is 3.29. The minimum absolute atomic E-state index is 0.0442. The van der Waals surface area contributed by atoms with Gasteiger partial charge in [-0.05, 0) is 49.6 Å². The molecule has 2 aromatic carbocycles. The lowest BCUT2D eigenvalue weighted by molar-refractivity contribution is 0.101. The van der Waals surface area contributed by atoms with Crippen molar-refractivity contribution >= 4 is 21.5 Å². The Morgan fingerprint density at radius 2 is 1.64 bits per heavy atom. The number of benzene rings is 2. The lowest BCUT2D eigenvalue weighted by Crippen LogP contribution is -2.17. The van der Waals surface area contributed by atoms with Crippen LogP contribution in [0.2, 0.25) is 0 Å². The van der Waals surface area contributed by atoms with E-state index in [-0.39, 0.29) is 11.5 Å². The molecule has 0 atom stereocenters. The number of rotatable bonds is 7. The fourth-order valence-corrected chi connectivity index (χ4v) is 3.24. The van der Waals surface area contributed by atoms with Gasteiger partial charge in [-0.3, -0.25) is 9.52 Å². The molecule has 0 saturated carbocycles. The van der Waals surface area contributed by atoms with Crippen LogP contribution in [0.15, 0.2) is 54.6 Å². The number of hydrogen-bond donors (Lipinski definition) is 1. The highest BCUT2D eigenvalue weighted by molar-refractivity contribution is 7.92. The first-order chi connectivity index (χ1) is 10.5. The van der Waals surface area contributed by atoms with Gasteiger partial charge in [0, 0.05) is 11.3 Å². The van der Waals surface area contributed by atoms with Gasteiger partial charge in [0.2, 0.25) is 10.0 Å². The van der Waals surface area contributed by atoms with E-state index < -0.39 is 10.0 Å². The normalized spacial score (nSPS) is 11.1. The summed E-state index contributed by atoms with van der Waals surface area (Å²) in [7, 11) is -3.37. The molecule has 0 bridgehead atoms. The van der Waals surface area contributed by atoms with E-state index in [0.29, 0.717) is 17.7 Å². The van der Waals surface area contributed by atoms with Crippen molar-refractivity contribution < 1.29 is 13.2 Å². The number of ketones is 1. The SMILES string of the molecule is CC(=O)c1ccc(NS(=O)(=O)CCCc2ccccc2)cc1. The number of sulfonamides is 1. The number of Topliss-reactive ketones (excluding diaryl/α,β-unsaturated/α-hetero) is 1. The molecule has 0 saturated heterocycles. The summed E-state index contributed by atoms with van der Waals surface area (Å²) in [5.74, 6) is 0.0216. The van der Waals surface area contributed by atoms with Crippen molar-refractivity contribution in [3.63, 3.8) is 0 Å². The van der Waals surface area contributed by atoms with Crippen LogP contribution in [-0.2, 0) is 16.4 Å². The van der Waals surface area contributed by atoms with Crippen molar-refractivity contribution in [1.82, 2.24) is 0 Å². The van der Waals surface area contributed by atoms with E-state index in [2.05, 4.69) is 4.72 Å². The van der Waals surface area contributed by atoms with Crippen molar-refractivity contribution in [1.29, 1.82) is 0 Å². The first-order valence-electron chi connectivity index (χ1n) is 7.12. The lowest BCUT2D eigenvalue weighted by atomic mass is 10.1. The fourth-order valence-electron chi connectivity index (χ4n) is 2.11. The van der Waals surface area contributed by atoms with Crippen LogP contribution in [0, 0.1) is 0 Å². The number of nitrogens with one attached hydrogen (secondary N) is 1. The standard InChI is InChI=1S/C17H19NO3S/c1-14(19)16-9-11-17(12-10-16)18-22(20,21)13-5-8-15-6-3-2-4-7-15/h2-4,6-7,9-12,18H,5,8,13H2,1H3. The number of carbonyl (C=O) groups is 1. The zero-order valence-electron chi connectivity index (χ0n) is 12.5. The first-order valence-corrected chi connectivity index (χ1v) is 8.77. The van der Waals surface area contributed by atoms with E-state index in [1.807, 2.05) is 30.3 Å². The van der Waals surface area contributed by atoms with Gasteiger partial charge in [-0.1, -0.05) is 30.3 Å². The molecular weight excluding hydrogens is 298 g/mol.